The lowest BCUT2D eigenvalue weighted by Crippen LogP contribution is -2.55. The highest BCUT2D eigenvalue weighted by molar-refractivity contribution is 5.89. The molecular formula is C16H22N4O2. The highest BCUT2D eigenvalue weighted by Gasteiger charge is 2.35. The smallest absolute Gasteiger partial charge is 0.321 e. The molecule has 0 aliphatic carbocycles. The van der Waals surface area contributed by atoms with E-state index in [1.54, 1.807) is 29.2 Å². The lowest BCUT2D eigenvalue weighted by molar-refractivity contribution is -0.0333. The van der Waals surface area contributed by atoms with Crippen molar-refractivity contribution in [2.75, 3.05) is 39.0 Å². The van der Waals surface area contributed by atoms with Gasteiger partial charge >= 0.3 is 6.03 Å². The maximum absolute atomic E-state index is 12.3. The fourth-order valence-corrected chi connectivity index (χ4v) is 2.87. The Bertz CT molecular complexity index is 582. The van der Waals surface area contributed by atoms with Crippen molar-refractivity contribution in [3.05, 3.63) is 29.8 Å². The van der Waals surface area contributed by atoms with Gasteiger partial charge in [0.05, 0.1) is 23.8 Å². The molecule has 2 amide bonds. The SMILES string of the molecule is CN(C)CC1(O)CCCN(C(=O)Nc2cccc(C#N)c2)C1. The van der Waals surface area contributed by atoms with Gasteiger partial charge in [0.25, 0.3) is 0 Å². The number of nitrogens with zero attached hydrogens (tertiary/aromatic N) is 3. The van der Waals surface area contributed by atoms with Gasteiger partial charge in [-0.2, -0.15) is 5.26 Å². The number of hydrogen-bond acceptors (Lipinski definition) is 4. The van der Waals surface area contributed by atoms with E-state index in [4.69, 9.17) is 5.26 Å². The summed E-state index contributed by atoms with van der Waals surface area (Å²) in [7, 11) is 3.81. The van der Waals surface area contributed by atoms with E-state index in [1.165, 1.54) is 0 Å². The molecule has 1 fully saturated rings. The number of urea groups is 1. The molecular weight excluding hydrogens is 280 g/mol. The highest BCUT2D eigenvalue weighted by atomic mass is 16.3. The summed E-state index contributed by atoms with van der Waals surface area (Å²) in [5.41, 5.74) is 0.222. The molecule has 1 aliphatic rings. The van der Waals surface area contributed by atoms with Crippen molar-refractivity contribution in [1.82, 2.24) is 9.80 Å². The number of aliphatic hydroxyl groups is 1. The number of carbonyl (C=O) groups is 1. The lowest BCUT2D eigenvalue weighted by Gasteiger charge is -2.40. The van der Waals surface area contributed by atoms with Crippen LogP contribution in [-0.2, 0) is 0 Å². The molecule has 1 aromatic rings. The Kier molecular flexibility index (Phi) is 5.01. The minimum absolute atomic E-state index is 0.244. The number of likely N-dealkylation sites (N-methyl/N-ethyl adjacent to an activating group) is 1. The van der Waals surface area contributed by atoms with Crippen LogP contribution in [0.5, 0.6) is 0 Å². The second kappa shape index (κ2) is 6.77. The molecule has 2 rings (SSSR count). The molecule has 0 spiro atoms. The molecule has 1 atom stereocenters. The molecule has 22 heavy (non-hydrogen) atoms. The zero-order valence-electron chi connectivity index (χ0n) is 13.0. The van der Waals surface area contributed by atoms with Gasteiger partial charge in [-0.3, -0.25) is 0 Å². The predicted molar refractivity (Wildman–Crippen MR) is 84.5 cm³/mol. The summed E-state index contributed by atoms with van der Waals surface area (Å²) in [5, 5.41) is 22.3. The minimum Gasteiger partial charge on any atom is -0.387 e. The first kappa shape index (κ1) is 16.3. The summed E-state index contributed by atoms with van der Waals surface area (Å²) in [6.45, 7) is 1.47. The lowest BCUT2D eigenvalue weighted by atomic mass is 9.92. The maximum atomic E-state index is 12.3. The van der Waals surface area contributed by atoms with Gasteiger partial charge in [-0.1, -0.05) is 6.07 Å². The average Bonchev–Trinajstić information content (AvgIpc) is 2.46. The standard InChI is InChI=1S/C16H22N4O2/c1-19(2)11-16(22)7-4-8-20(12-16)15(21)18-14-6-3-5-13(9-14)10-17/h3,5-6,9,22H,4,7-8,11-12H2,1-2H3,(H,18,21). The quantitative estimate of drug-likeness (QED) is 0.886. The van der Waals surface area contributed by atoms with E-state index in [1.807, 2.05) is 25.1 Å². The van der Waals surface area contributed by atoms with E-state index in [0.29, 0.717) is 37.3 Å². The van der Waals surface area contributed by atoms with Crippen LogP contribution >= 0.6 is 0 Å². The Morgan fingerprint density at radius 1 is 1.55 bits per heavy atom. The molecule has 0 aromatic heterocycles. The van der Waals surface area contributed by atoms with Crippen LogP contribution in [0.4, 0.5) is 10.5 Å². The molecule has 1 unspecified atom stereocenters. The van der Waals surface area contributed by atoms with Crippen LogP contribution in [-0.4, -0.2) is 60.3 Å². The molecule has 2 N–H and O–H groups in total. The van der Waals surface area contributed by atoms with Crippen molar-refractivity contribution in [3.63, 3.8) is 0 Å². The number of hydrogen-bond donors (Lipinski definition) is 2. The van der Waals surface area contributed by atoms with Gasteiger partial charge in [0.15, 0.2) is 0 Å². The molecule has 1 saturated heterocycles. The first-order chi connectivity index (χ1) is 10.4. The van der Waals surface area contributed by atoms with Crippen LogP contribution in [0, 0.1) is 11.3 Å². The van der Waals surface area contributed by atoms with E-state index in [9.17, 15) is 9.90 Å². The fraction of sp³-hybridized carbons (Fsp3) is 0.500. The van der Waals surface area contributed by atoms with Crippen LogP contribution in [0.1, 0.15) is 18.4 Å². The van der Waals surface area contributed by atoms with Crippen molar-refractivity contribution >= 4 is 11.7 Å². The van der Waals surface area contributed by atoms with Crippen LogP contribution in [0.15, 0.2) is 24.3 Å². The number of nitrogens with one attached hydrogen (secondary N) is 1. The first-order valence-corrected chi connectivity index (χ1v) is 7.35. The summed E-state index contributed by atoms with van der Waals surface area (Å²) in [6.07, 6.45) is 1.47. The molecule has 1 aliphatic heterocycles. The molecule has 0 radical (unpaired) electrons. The third-order valence-electron chi connectivity index (χ3n) is 3.70. The van der Waals surface area contributed by atoms with Gasteiger partial charge < -0.3 is 20.2 Å². The normalized spacial score (nSPS) is 21.5. The topological polar surface area (TPSA) is 79.6 Å². The summed E-state index contributed by atoms with van der Waals surface area (Å²) in [4.78, 5) is 15.9. The fourth-order valence-electron chi connectivity index (χ4n) is 2.87. The van der Waals surface area contributed by atoms with Gasteiger partial charge in [-0.05, 0) is 45.1 Å². The monoisotopic (exact) mass is 302 g/mol. The Hall–Kier alpha value is -2.10. The van der Waals surface area contributed by atoms with E-state index < -0.39 is 5.60 Å². The predicted octanol–water partition coefficient (Wildman–Crippen LogP) is 1.48. The number of amides is 2. The molecule has 0 saturated carbocycles. The summed E-state index contributed by atoms with van der Waals surface area (Å²) < 4.78 is 0. The zero-order valence-corrected chi connectivity index (χ0v) is 13.0. The van der Waals surface area contributed by atoms with E-state index in [0.717, 1.165) is 6.42 Å². The molecule has 1 heterocycles. The van der Waals surface area contributed by atoms with Gasteiger partial charge in [0.1, 0.15) is 0 Å². The first-order valence-electron chi connectivity index (χ1n) is 7.35. The van der Waals surface area contributed by atoms with Gasteiger partial charge in [0.2, 0.25) is 0 Å². The highest BCUT2D eigenvalue weighted by Crippen LogP contribution is 2.22. The van der Waals surface area contributed by atoms with Crippen LogP contribution in [0.25, 0.3) is 0 Å². The molecule has 6 heteroatoms. The summed E-state index contributed by atoms with van der Waals surface area (Å²) >= 11 is 0. The minimum atomic E-state index is -0.867. The number of anilines is 1. The van der Waals surface area contributed by atoms with Crippen molar-refractivity contribution in [1.29, 1.82) is 5.26 Å². The Morgan fingerprint density at radius 3 is 3.00 bits per heavy atom. The number of rotatable bonds is 3. The maximum Gasteiger partial charge on any atom is 0.321 e. The third-order valence-corrected chi connectivity index (χ3v) is 3.70. The van der Waals surface area contributed by atoms with E-state index in [2.05, 4.69) is 5.32 Å². The number of carbonyl (C=O) groups excluding carboxylic acids is 1. The largest absolute Gasteiger partial charge is 0.387 e. The van der Waals surface area contributed by atoms with Crippen molar-refractivity contribution in [2.45, 2.75) is 18.4 Å². The Labute approximate surface area is 130 Å². The van der Waals surface area contributed by atoms with E-state index >= 15 is 0 Å². The molecule has 0 bridgehead atoms. The van der Waals surface area contributed by atoms with Crippen molar-refractivity contribution in [2.24, 2.45) is 0 Å². The van der Waals surface area contributed by atoms with Crippen LogP contribution < -0.4 is 5.32 Å². The van der Waals surface area contributed by atoms with Crippen molar-refractivity contribution in [3.8, 4) is 6.07 Å². The second-order valence-electron chi connectivity index (χ2n) is 6.11. The Balaban J connectivity index is 2.01. The average molecular weight is 302 g/mol. The summed E-state index contributed by atoms with van der Waals surface area (Å²) in [6, 6.07) is 8.59. The van der Waals surface area contributed by atoms with Crippen LogP contribution in [0.2, 0.25) is 0 Å². The van der Waals surface area contributed by atoms with Crippen LogP contribution in [0.3, 0.4) is 0 Å². The molecule has 1 aromatic carbocycles. The number of likely N-dealkylation sites (tertiary alicyclic amines) is 1. The number of benzene rings is 1. The van der Waals surface area contributed by atoms with Gasteiger partial charge in [0, 0.05) is 18.8 Å². The van der Waals surface area contributed by atoms with E-state index in [-0.39, 0.29) is 6.03 Å². The molecule has 118 valence electrons. The third kappa shape index (κ3) is 4.20. The molecule has 6 nitrogen and oxygen atoms in total. The zero-order chi connectivity index (χ0) is 16.2. The number of piperidine rings is 1. The van der Waals surface area contributed by atoms with Gasteiger partial charge in [-0.15, -0.1) is 0 Å². The summed E-state index contributed by atoms with van der Waals surface area (Å²) in [5.74, 6) is 0. The number of nitriles is 1. The number of β-amino-alcohol motifs (C(OH)–C–C–N with tert-alkyl or cyclic N) is 1. The van der Waals surface area contributed by atoms with Crippen molar-refractivity contribution < 1.29 is 9.90 Å². The second-order valence-corrected chi connectivity index (χ2v) is 6.11. The Morgan fingerprint density at radius 2 is 2.32 bits per heavy atom. The van der Waals surface area contributed by atoms with Gasteiger partial charge in [-0.25, -0.2) is 4.79 Å².